The Kier molecular flexibility index (Phi) is 4.02. The minimum absolute atomic E-state index is 0.230. The molecule has 0 amide bonds. The van der Waals surface area contributed by atoms with Crippen LogP contribution in [0.4, 0.5) is 8.78 Å². The van der Waals surface area contributed by atoms with Gasteiger partial charge in [-0.1, -0.05) is 26.0 Å². The molecular weight excluding hydrogens is 344 g/mol. The highest BCUT2D eigenvalue weighted by atomic mass is 19.1. The molecule has 0 atom stereocenters. The van der Waals surface area contributed by atoms with Crippen LogP contribution < -0.4 is 4.57 Å². The first kappa shape index (κ1) is 17.7. The van der Waals surface area contributed by atoms with Crippen molar-refractivity contribution in [2.45, 2.75) is 33.6 Å². The van der Waals surface area contributed by atoms with E-state index in [1.165, 1.54) is 17.2 Å². The Bertz CT molecular complexity index is 1200. The number of furan rings is 1. The van der Waals surface area contributed by atoms with Gasteiger partial charge in [-0.25, -0.2) is 13.3 Å². The van der Waals surface area contributed by atoms with E-state index in [1.807, 2.05) is 26.1 Å². The third kappa shape index (κ3) is 2.71. The van der Waals surface area contributed by atoms with Crippen molar-refractivity contribution in [2.75, 3.05) is 0 Å². The van der Waals surface area contributed by atoms with Crippen molar-refractivity contribution in [3.05, 3.63) is 64.9 Å². The molecule has 4 heteroatoms. The number of rotatable bonds is 2. The highest BCUT2D eigenvalue weighted by Gasteiger charge is 2.24. The summed E-state index contributed by atoms with van der Waals surface area (Å²) in [4.78, 5) is 0. The summed E-state index contributed by atoms with van der Waals surface area (Å²) >= 11 is 0. The summed E-state index contributed by atoms with van der Waals surface area (Å²) in [7, 11) is 1.99. The van der Waals surface area contributed by atoms with Gasteiger partial charge < -0.3 is 4.42 Å². The fourth-order valence-corrected chi connectivity index (χ4v) is 3.97. The molecule has 2 heterocycles. The summed E-state index contributed by atoms with van der Waals surface area (Å²) in [5.41, 5.74) is 6.22. The Morgan fingerprint density at radius 1 is 1.00 bits per heavy atom. The molecule has 0 saturated carbocycles. The molecule has 0 aliphatic heterocycles. The summed E-state index contributed by atoms with van der Waals surface area (Å²) in [6.45, 7) is 8.44. The fraction of sp³-hybridized carbons (Fsp3) is 0.261. The molecule has 138 valence electrons. The van der Waals surface area contributed by atoms with Crippen molar-refractivity contribution in [1.29, 1.82) is 0 Å². The van der Waals surface area contributed by atoms with Gasteiger partial charge in [0.15, 0.2) is 6.20 Å². The second kappa shape index (κ2) is 6.15. The van der Waals surface area contributed by atoms with Crippen LogP contribution in [0, 0.1) is 25.5 Å². The van der Waals surface area contributed by atoms with Crippen molar-refractivity contribution in [1.82, 2.24) is 0 Å². The average Bonchev–Trinajstić information content (AvgIpc) is 2.93. The predicted molar refractivity (Wildman–Crippen MR) is 104 cm³/mol. The van der Waals surface area contributed by atoms with Gasteiger partial charge in [0.1, 0.15) is 29.8 Å². The first-order valence-corrected chi connectivity index (χ1v) is 9.09. The quantitative estimate of drug-likeness (QED) is 0.392. The van der Waals surface area contributed by atoms with Gasteiger partial charge in [0.25, 0.3) is 0 Å². The second-order valence-electron chi connectivity index (χ2n) is 7.56. The number of pyridine rings is 1. The number of halogens is 2. The average molecular weight is 366 g/mol. The molecule has 0 fully saturated rings. The SMILES string of the molecule is Cc1c[n+](C)c(-c2c(C)ccc3c2oc2cc(F)cc(F)c23)cc1C(C)C. The maximum absolute atomic E-state index is 14.4. The Labute approximate surface area is 157 Å². The van der Waals surface area contributed by atoms with E-state index in [0.29, 0.717) is 22.3 Å². The van der Waals surface area contributed by atoms with Crippen molar-refractivity contribution >= 4 is 21.9 Å². The van der Waals surface area contributed by atoms with E-state index >= 15 is 0 Å². The van der Waals surface area contributed by atoms with Crippen molar-refractivity contribution in [2.24, 2.45) is 7.05 Å². The normalized spacial score (nSPS) is 11.9. The van der Waals surface area contributed by atoms with E-state index in [2.05, 4.69) is 37.6 Å². The van der Waals surface area contributed by atoms with Gasteiger partial charge in [-0.15, -0.1) is 0 Å². The molecule has 0 unspecified atom stereocenters. The lowest BCUT2D eigenvalue weighted by atomic mass is 9.94. The molecule has 0 saturated heterocycles. The molecule has 2 nitrogen and oxygen atoms in total. The molecular formula is C23H22F2NO+. The summed E-state index contributed by atoms with van der Waals surface area (Å²) < 4.78 is 36.2. The van der Waals surface area contributed by atoms with E-state index in [0.717, 1.165) is 22.9 Å². The van der Waals surface area contributed by atoms with Gasteiger partial charge in [-0.3, -0.25) is 0 Å². The van der Waals surface area contributed by atoms with Crippen LogP contribution in [0.3, 0.4) is 0 Å². The molecule has 0 aliphatic rings. The maximum atomic E-state index is 14.4. The maximum Gasteiger partial charge on any atom is 0.216 e. The molecule has 0 aliphatic carbocycles. The van der Waals surface area contributed by atoms with Gasteiger partial charge in [0.2, 0.25) is 5.69 Å². The Hall–Kier alpha value is -2.75. The minimum Gasteiger partial charge on any atom is -0.455 e. The number of hydrogen-bond acceptors (Lipinski definition) is 1. The third-order valence-corrected chi connectivity index (χ3v) is 5.26. The molecule has 2 aromatic heterocycles. The van der Waals surface area contributed by atoms with E-state index in [9.17, 15) is 8.78 Å². The van der Waals surface area contributed by atoms with Gasteiger partial charge in [-0.2, -0.15) is 0 Å². The first-order valence-electron chi connectivity index (χ1n) is 9.09. The Balaban J connectivity index is 2.13. The first-order chi connectivity index (χ1) is 12.8. The van der Waals surface area contributed by atoms with Crippen molar-refractivity contribution < 1.29 is 17.8 Å². The molecule has 27 heavy (non-hydrogen) atoms. The largest absolute Gasteiger partial charge is 0.455 e. The molecule has 0 N–H and O–H groups in total. The van der Waals surface area contributed by atoms with Gasteiger partial charge in [0, 0.05) is 29.1 Å². The number of benzene rings is 2. The van der Waals surface area contributed by atoms with E-state index in [1.54, 1.807) is 0 Å². The summed E-state index contributed by atoms with van der Waals surface area (Å²) in [5, 5.41) is 0.987. The summed E-state index contributed by atoms with van der Waals surface area (Å²) in [6.07, 6.45) is 2.10. The summed E-state index contributed by atoms with van der Waals surface area (Å²) in [5.74, 6) is -0.860. The number of hydrogen-bond donors (Lipinski definition) is 0. The lowest BCUT2D eigenvalue weighted by molar-refractivity contribution is -0.660. The topological polar surface area (TPSA) is 17.0 Å². The van der Waals surface area contributed by atoms with Crippen LogP contribution in [0.1, 0.15) is 36.5 Å². The number of aryl methyl sites for hydroxylation is 3. The molecule has 0 spiro atoms. The van der Waals surface area contributed by atoms with Crippen LogP contribution in [-0.2, 0) is 7.05 Å². The van der Waals surface area contributed by atoms with Crippen LogP contribution in [0.15, 0.2) is 40.9 Å². The zero-order valence-corrected chi connectivity index (χ0v) is 16.2. The van der Waals surface area contributed by atoms with Gasteiger partial charge in [-0.05, 0) is 30.9 Å². The molecule has 4 rings (SSSR count). The predicted octanol–water partition coefficient (Wildman–Crippen LogP) is 6.10. The van der Waals surface area contributed by atoms with Gasteiger partial charge >= 0.3 is 0 Å². The minimum atomic E-state index is -0.639. The molecule has 4 aromatic rings. The molecule has 0 bridgehead atoms. The molecule has 2 aromatic carbocycles. The zero-order valence-electron chi connectivity index (χ0n) is 16.2. The highest BCUT2D eigenvalue weighted by molar-refractivity contribution is 6.10. The van der Waals surface area contributed by atoms with E-state index < -0.39 is 11.6 Å². The lowest BCUT2D eigenvalue weighted by Crippen LogP contribution is -2.32. The van der Waals surface area contributed by atoms with Gasteiger partial charge in [0.05, 0.1) is 10.9 Å². The van der Waals surface area contributed by atoms with Crippen LogP contribution in [-0.4, -0.2) is 0 Å². The highest BCUT2D eigenvalue weighted by Crippen LogP contribution is 2.38. The van der Waals surface area contributed by atoms with Crippen LogP contribution in [0.2, 0.25) is 0 Å². The summed E-state index contributed by atoms with van der Waals surface area (Å²) in [6, 6.07) is 8.13. The second-order valence-corrected chi connectivity index (χ2v) is 7.56. The monoisotopic (exact) mass is 366 g/mol. The number of fused-ring (bicyclic) bond motifs is 3. The number of nitrogens with zero attached hydrogens (tertiary/aromatic N) is 1. The zero-order chi connectivity index (χ0) is 19.5. The third-order valence-electron chi connectivity index (χ3n) is 5.26. The smallest absolute Gasteiger partial charge is 0.216 e. The van der Waals surface area contributed by atoms with Crippen LogP contribution in [0.5, 0.6) is 0 Å². The van der Waals surface area contributed by atoms with E-state index in [4.69, 9.17) is 4.42 Å². The van der Waals surface area contributed by atoms with E-state index in [-0.39, 0.29) is 5.58 Å². The van der Waals surface area contributed by atoms with Crippen molar-refractivity contribution in [3.8, 4) is 11.3 Å². The van der Waals surface area contributed by atoms with Crippen molar-refractivity contribution in [3.63, 3.8) is 0 Å². The Morgan fingerprint density at radius 3 is 2.44 bits per heavy atom. The Morgan fingerprint density at radius 2 is 1.74 bits per heavy atom. The fourth-order valence-electron chi connectivity index (χ4n) is 3.97. The molecule has 0 radical (unpaired) electrons. The van der Waals surface area contributed by atoms with Crippen LogP contribution >= 0.6 is 0 Å². The standard InChI is InChI=1S/C23H22F2NO/c1-12(2)17-10-19(26(5)11-14(17)4)21-13(3)6-7-16-22-18(25)8-15(24)9-20(22)27-23(16)21/h6-12H,1-5H3/q+1. The lowest BCUT2D eigenvalue weighted by Gasteiger charge is -2.12. The number of aromatic nitrogens is 1. The van der Waals surface area contributed by atoms with Crippen LogP contribution in [0.25, 0.3) is 33.2 Å².